The van der Waals surface area contributed by atoms with Gasteiger partial charge in [-0.2, -0.15) is 0 Å². The van der Waals surface area contributed by atoms with Crippen molar-refractivity contribution in [2.24, 2.45) is 0 Å². The zero-order valence-corrected chi connectivity index (χ0v) is 30.3. The quantitative estimate of drug-likeness (QED) is 0.146. The van der Waals surface area contributed by atoms with Gasteiger partial charge in [-0.25, -0.2) is 11.0 Å². The predicted molar refractivity (Wildman–Crippen MR) is 196 cm³/mol. The summed E-state index contributed by atoms with van der Waals surface area (Å²) >= 11 is 0. The van der Waals surface area contributed by atoms with Gasteiger partial charge in [0.1, 0.15) is 23.2 Å². The van der Waals surface area contributed by atoms with Gasteiger partial charge in [0.05, 0.1) is 18.0 Å². The van der Waals surface area contributed by atoms with Crippen molar-refractivity contribution in [1.29, 1.82) is 0 Å². The number of halogens is 1. The first-order valence-electron chi connectivity index (χ1n) is 18.1. The van der Waals surface area contributed by atoms with Crippen LogP contribution >= 0.6 is 0 Å². The van der Waals surface area contributed by atoms with E-state index in [0.29, 0.717) is 37.5 Å². The lowest BCUT2D eigenvalue weighted by molar-refractivity contribution is -0.136. The average Bonchev–Trinajstić information content (AvgIpc) is 3.78. The fourth-order valence-corrected chi connectivity index (χ4v) is 8.10. The third-order valence-corrected chi connectivity index (χ3v) is 11.2. The van der Waals surface area contributed by atoms with Gasteiger partial charge in [-0.1, -0.05) is 17.3 Å². The number of amides is 3. The zero-order valence-electron chi connectivity index (χ0n) is 30.3. The summed E-state index contributed by atoms with van der Waals surface area (Å²) in [6, 6.07) is 16.8. The molecule has 3 fully saturated rings. The second-order valence-electron chi connectivity index (χ2n) is 15.1. The Kier molecular flexibility index (Phi) is 8.37. The molecular weight excluding hydrogens is 675 g/mol. The summed E-state index contributed by atoms with van der Waals surface area (Å²) in [6.07, 6.45) is 2.18. The molecule has 8 rings (SSSR count). The van der Waals surface area contributed by atoms with Crippen LogP contribution in [-0.2, 0) is 26.4 Å². The van der Waals surface area contributed by atoms with Gasteiger partial charge in [0.25, 0.3) is 11.4 Å². The van der Waals surface area contributed by atoms with Crippen LogP contribution in [0, 0.1) is 33.2 Å². The first-order valence-corrected chi connectivity index (χ1v) is 18.1. The standard InChI is InChI=1S/C41H41FN6O5/c1-24-6-7-27(37-25(2)45-53-26(37)3)18-34(24)47(30-10-8-29(9-11-30)41(43-5)14-15-41)16-17-52-40(4)22-46(23-40)35-19-28-21-48(39(51)31(28)20-32(35)42)33-12-13-36(49)44-38(33)50/h6-11,18-20,33H,12-17,21-23H2,1-4H3,(H,44,49,50). The number of aromatic nitrogens is 1. The van der Waals surface area contributed by atoms with Crippen molar-refractivity contribution in [3.05, 3.63) is 106 Å². The smallest absolute Gasteiger partial charge is 0.258 e. The van der Waals surface area contributed by atoms with Crippen molar-refractivity contribution in [1.82, 2.24) is 15.4 Å². The van der Waals surface area contributed by atoms with E-state index in [2.05, 4.69) is 69.6 Å². The minimum atomic E-state index is -0.756. The molecule has 1 saturated carbocycles. The van der Waals surface area contributed by atoms with Crippen molar-refractivity contribution in [2.75, 3.05) is 36.0 Å². The number of hydrogen-bond donors (Lipinski definition) is 1. The molecule has 1 unspecified atom stereocenters. The van der Waals surface area contributed by atoms with Crippen LogP contribution in [0.25, 0.3) is 16.0 Å². The van der Waals surface area contributed by atoms with E-state index in [1.165, 1.54) is 11.0 Å². The Labute approximate surface area is 307 Å². The first-order chi connectivity index (χ1) is 25.4. The van der Waals surface area contributed by atoms with Crippen molar-refractivity contribution in [3.63, 3.8) is 0 Å². The van der Waals surface area contributed by atoms with Gasteiger partial charge in [-0.3, -0.25) is 19.7 Å². The highest BCUT2D eigenvalue weighted by molar-refractivity contribution is 6.05. The molecule has 1 N–H and O–H groups in total. The van der Waals surface area contributed by atoms with E-state index >= 15 is 4.39 Å². The number of nitrogens with one attached hydrogen (secondary N) is 1. The van der Waals surface area contributed by atoms with Gasteiger partial charge in [-0.05, 0) is 93.3 Å². The van der Waals surface area contributed by atoms with E-state index in [1.807, 2.05) is 25.7 Å². The number of rotatable bonds is 10. The highest BCUT2D eigenvalue weighted by Gasteiger charge is 2.52. The number of piperidine rings is 1. The lowest BCUT2D eigenvalue weighted by Gasteiger charge is -2.49. The van der Waals surface area contributed by atoms with E-state index in [0.717, 1.165) is 57.9 Å². The Morgan fingerprint density at radius 3 is 2.49 bits per heavy atom. The van der Waals surface area contributed by atoms with Gasteiger partial charge >= 0.3 is 0 Å². The largest absolute Gasteiger partial charge is 0.370 e. The average molecular weight is 717 g/mol. The number of aryl methyl sites for hydroxylation is 3. The molecule has 0 radical (unpaired) electrons. The Balaban J connectivity index is 0.979. The molecule has 1 atom stereocenters. The molecule has 4 aliphatic rings. The first kappa shape index (κ1) is 34.5. The summed E-state index contributed by atoms with van der Waals surface area (Å²) in [7, 11) is 0. The van der Waals surface area contributed by atoms with E-state index in [-0.39, 0.29) is 30.9 Å². The molecular formula is C41H41FN6O5. The Morgan fingerprint density at radius 1 is 1.08 bits per heavy atom. The fourth-order valence-electron chi connectivity index (χ4n) is 8.10. The third kappa shape index (κ3) is 6.12. The lowest BCUT2D eigenvalue weighted by Crippen LogP contribution is -2.62. The summed E-state index contributed by atoms with van der Waals surface area (Å²) in [5.74, 6) is -0.994. The summed E-state index contributed by atoms with van der Waals surface area (Å²) in [5.41, 5.74) is 7.32. The predicted octanol–water partition coefficient (Wildman–Crippen LogP) is 6.51. The molecule has 3 aromatic carbocycles. The molecule has 3 aliphatic heterocycles. The third-order valence-electron chi connectivity index (χ3n) is 11.2. The van der Waals surface area contributed by atoms with Crippen LogP contribution in [0.3, 0.4) is 0 Å². The number of carbonyl (C=O) groups excluding carboxylic acids is 3. The maximum atomic E-state index is 15.5. The molecule has 2 saturated heterocycles. The van der Waals surface area contributed by atoms with Gasteiger partial charge < -0.3 is 28.8 Å². The summed E-state index contributed by atoms with van der Waals surface area (Å²) < 4.78 is 27.5. The van der Waals surface area contributed by atoms with Crippen molar-refractivity contribution >= 4 is 34.8 Å². The summed E-state index contributed by atoms with van der Waals surface area (Å²) in [6.45, 7) is 17.7. The van der Waals surface area contributed by atoms with Crippen LogP contribution in [0.5, 0.6) is 0 Å². The van der Waals surface area contributed by atoms with Crippen LogP contribution in [-0.4, -0.2) is 65.7 Å². The molecule has 1 aliphatic carbocycles. The molecule has 272 valence electrons. The second-order valence-corrected chi connectivity index (χ2v) is 15.1. The monoisotopic (exact) mass is 716 g/mol. The molecule has 12 heteroatoms. The van der Waals surface area contributed by atoms with Crippen LogP contribution in [0.2, 0.25) is 0 Å². The summed E-state index contributed by atoms with van der Waals surface area (Å²) in [4.78, 5) is 46.8. The maximum absolute atomic E-state index is 15.5. The molecule has 1 aromatic heterocycles. The number of benzene rings is 3. The molecule has 4 heterocycles. The molecule has 11 nitrogen and oxygen atoms in total. The zero-order chi connectivity index (χ0) is 37.2. The normalized spacial score (nSPS) is 19.8. The number of fused-ring (bicyclic) bond motifs is 1. The minimum Gasteiger partial charge on any atom is -0.370 e. The number of anilines is 3. The molecule has 53 heavy (non-hydrogen) atoms. The van der Waals surface area contributed by atoms with Crippen LogP contribution in [0.15, 0.2) is 59.1 Å². The number of imide groups is 1. The van der Waals surface area contributed by atoms with Gasteiger partial charge in [0.2, 0.25) is 11.8 Å². The number of carbonyl (C=O) groups is 3. The van der Waals surface area contributed by atoms with Crippen molar-refractivity contribution in [3.8, 4) is 11.1 Å². The second kappa shape index (κ2) is 12.8. The molecule has 0 bridgehead atoms. The number of nitrogens with zero attached hydrogens (tertiary/aromatic N) is 5. The van der Waals surface area contributed by atoms with E-state index in [9.17, 15) is 14.4 Å². The molecule has 0 spiro atoms. The van der Waals surface area contributed by atoms with Crippen molar-refractivity contribution < 1.29 is 28.0 Å². The number of hydrogen-bond acceptors (Lipinski definition) is 8. The Morgan fingerprint density at radius 2 is 1.83 bits per heavy atom. The summed E-state index contributed by atoms with van der Waals surface area (Å²) in [5, 5.41) is 6.47. The fraction of sp³-hybridized carbons (Fsp3) is 0.390. The number of ether oxygens (including phenoxy) is 1. The molecule has 3 amide bonds. The van der Waals surface area contributed by atoms with Gasteiger partial charge in [-0.15, -0.1) is 0 Å². The van der Waals surface area contributed by atoms with Crippen LogP contribution in [0.1, 0.15) is 71.1 Å². The highest BCUT2D eigenvalue weighted by atomic mass is 19.1. The van der Waals surface area contributed by atoms with Crippen molar-refractivity contribution in [2.45, 2.75) is 77.1 Å². The molecule has 4 aromatic rings. The van der Waals surface area contributed by atoms with Gasteiger partial charge in [0.15, 0.2) is 0 Å². The van der Waals surface area contributed by atoms with E-state index < -0.39 is 34.8 Å². The van der Waals surface area contributed by atoms with E-state index in [4.69, 9.17) is 15.8 Å². The Bertz CT molecular complexity index is 2180. The minimum absolute atomic E-state index is 0.158. The van der Waals surface area contributed by atoms with Gasteiger partial charge in [0, 0.05) is 73.5 Å². The van der Waals surface area contributed by atoms with E-state index in [1.54, 1.807) is 6.07 Å². The lowest BCUT2D eigenvalue weighted by atomic mass is 9.94. The SMILES string of the molecule is [C-]#[N+]C1(c2ccc(N(CCOC3(C)CN(c4cc5c(cc4F)C(=O)N(C4CCC(=O)NC4=O)C5)C3)c3cc(-c4c(C)noc4C)ccc3C)cc2)CC1. The Hall–Kier alpha value is -5.54. The van der Waals surface area contributed by atoms with Crippen LogP contribution in [0.4, 0.5) is 21.5 Å². The maximum Gasteiger partial charge on any atom is 0.258 e. The topological polar surface area (TPSA) is 113 Å². The van der Waals surface area contributed by atoms with Crippen LogP contribution < -0.4 is 15.1 Å². The highest BCUT2D eigenvalue weighted by Crippen LogP contribution is 2.50.